The number of allylic oxidation sites excluding steroid dienone is 1. The van der Waals surface area contributed by atoms with Crippen molar-refractivity contribution in [2.75, 3.05) is 6.54 Å². The number of aliphatic carboxylic acids is 2. The second kappa shape index (κ2) is 7.99. The lowest BCUT2D eigenvalue weighted by Gasteiger charge is -2.12. The number of unbranched alkanes of at least 4 members (excludes halogenated alkanes) is 2. The van der Waals surface area contributed by atoms with Gasteiger partial charge in [0, 0.05) is 0 Å². The fourth-order valence-electron chi connectivity index (χ4n) is 1.16. The normalized spacial score (nSPS) is 12.0. The Bertz CT molecular complexity index is 227. The summed E-state index contributed by atoms with van der Waals surface area (Å²) >= 11 is 0. The van der Waals surface area contributed by atoms with Crippen LogP contribution in [0.2, 0.25) is 0 Å². The molecule has 1 unspecified atom stereocenters. The summed E-state index contributed by atoms with van der Waals surface area (Å²) in [6.07, 6.45) is 4.69. The third-order valence-electron chi connectivity index (χ3n) is 1.95. The van der Waals surface area contributed by atoms with Crippen LogP contribution in [-0.4, -0.2) is 34.7 Å². The van der Waals surface area contributed by atoms with Crippen molar-refractivity contribution in [3.05, 3.63) is 12.7 Å². The summed E-state index contributed by atoms with van der Waals surface area (Å²) in [6, 6.07) is -0.772. The smallest absolute Gasteiger partial charge is 0.320 e. The summed E-state index contributed by atoms with van der Waals surface area (Å²) < 4.78 is 0. The molecular formula is C10H17NO4. The Balaban J connectivity index is 3.78. The Morgan fingerprint density at radius 3 is 2.47 bits per heavy atom. The Labute approximate surface area is 88.8 Å². The second-order valence-electron chi connectivity index (χ2n) is 3.24. The van der Waals surface area contributed by atoms with Gasteiger partial charge in [0.05, 0.1) is 6.54 Å². The minimum Gasteiger partial charge on any atom is -0.480 e. The molecule has 0 aromatic carbocycles. The Kier molecular flexibility index (Phi) is 7.27. The van der Waals surface area contributed by atoms with Crippen LogP contribution in [0, 0.1) is 0 Å². The van der Waals surface area contributed by atoms with Gasteiger partial charge >= 0.3 is 11.9 Å². The standard InChI is InChI=1S/C10H17NO4/c1-2-3-4-5-6-8(10(14)15)11-7-9(12)13/h2,8,11H,1,3-7H2,(H,12,13)(H,14,15). The van der Waals surface area contributed by atoms with E-state index >= 15 is 0 Å². The summed E-state index contributed by atoms with van der Waals surface area (Å²) in [4.78, 5) is 20.9. The molecule has 3 N–H and O–H groups in total. The molecule has 86 valence electrons. The molecule has 0 bridgehead atoms. The van der Waals surface area contributed by atoms with Gasteiger partial charge in [0.1, 0.15) is 6.04 Å². The second-order valence-corrected chi connectivity index (χ2v) is 3.24. The molecule has 1 atom stereocenters. The molecule has 0 saturated heterocycles. The Hall–Kier alpha value is -1.36. The molecule has 5 heteroatoms. The van der Waals surface area contributed by atoms with Gasteiger partial charge in [0.25, 0.3) is 0 Å². The van der Waals surface area contributed by atoms with E-state index in [0.717, 1.165) is 19.3 Å². The molecule has 0 aliphatic heterocycles. The van der Waals surface area contributed by atoms with E-state index in [2.05, 4.69) is 11.9 Å². The third kappa shape index (κ3) is 7.69. The maximum atomic E-state index is 10.7. The largest absolute Gasteiger partial charge is 0.480 e. The van der Waals surface area contributed by atoms with Gasteiger partial charge in [-0.2, -0.15) is 0 Å². The van der Waals surface area contributed by atoms with Gasteiger partial charge in [-0.1, -0.05) is 12.5 Å². The van der Waals surface area contributed by atoms with Gasteiger partial charge < -0.3 is 10.2 Å². The molecule has 15 heavy (non-hydrogen) atoms. The van der Waals surface area contributed by atoms with Crippen LogP contribution in [-0.2, 0) is 9.59 Å². The first-order chi connectivity index (χ1) is 7.07. The molecule has 0 fully saturated rings. The number of rotatable bonds is 9. The zero-order valence-electron chi connectivity index (χ0n) is 8.61. The maximum absolute atomic E-state index is 10.7. The topological polar surface area (TPSA) is 86.6 Å². The monoisotopic (exact) mass is 215 g/mol. The summed E-state index contributed by atoms with van der Waals surface area (Å²) in [6.45, 7) is 3.24. The highest BCUT2D eigenvalue weighted by molar-refractivity contribution is 5.75. The number of nitrogens with one attached hydrogen (secondary N) is 1. The van der Waals surface area contributed by atoms with Crippen molar-refractivity contribution in [3.63, 3.8) is 0 Å². The van der Waals surface area contributed by atoms with Crippen molar-refractivity contribution >= 4 is 11.9 Å². The molecule has 0 heterocycles. The molecule has 0 saturated carbocycles. The quantitative estimate of drug-likeness (QED) is 0.392. The van der Waals surface area contributed by atoms with Gasteiger partial charge in [0.2, 0.25) is 0 Å². The summed E-state index contributed by atoms with van der Waals surface area (Å²) in [5.41, 5.74) is 0. The fourth-order valence-corrected chi connectivity index (χ4v) is 1.16. The van der Waals surface area contributed by atoms with Gasteiger partial charge in [-0.05, 0) is 19.3 Å². The van der Waals surface area contributed by atoms with Crippen LogP contribution in [0.1, 0.15) is 25.7 Å². The average Bonchev–Trinajstić information content (AvgIpc) is 2.15. The van der Waals surface area contributed by atoms with E-state index in [9.17, 15) is 9.59 Å². The molecule has 0 aliphatic carbocycles. The average molecular weight is 215 g/mol. The molecule has 0 aromatic heterocycles. The van der Waals surface area contributed by atoms with Crippen LogP contribution in [0.25, 0.3) is 0 Å². The van der Waals surface area contributed by atoms with E-state index in [1.807, 2.05) is 0 Å². The van der Waals surface area contributed by atoms with Crippen LogP contribution in [0.3, 0.4) is 0 Å². The van der Waals surface area contributed by atoms with E-state index in [1.165, 1.54) is 0 Å². The van der Waals surface area contributed by atoms with E-state index in [4.69, 9.17) is 10.2 Å². The van der Waals surface area contributed by atoms with Gasteiger partial charge in [-0.15, -0.1) is 6.58 Å². The lowest BCUT2D eigenvalue weighted by atomic mass is 10.1. The zero-order valence-corrected chi connectivity index (χ0v) is 8.61. The molecule has 0 spiro atoms. The first-order valence-electron chi connectivity index (χ1n) is 4.86. The molecular weight excluding hydrogens is 198 g/mol. The number of carboxylic acids is 2. The summed E-state index contributed by atoms with van der Waals surface area (Å²) in [7, 11) is 0. The SMILES string of the molecule is C=CCCCCC(NCC(=O)O)C(=O)O. The first kappa shape index (κ1) is 13.6. The van der Waals surface area contributed by atoms with Crippen LogP contribution < -0.4 is 5.32 Å². The third-order valence-corrected chi connectivity index (χ3v) is 1.95. The molecule has 0 amide bonds. The van der Waals surface area contributed by atoms with Gasteiger partial charge in [0.15, 0.2) is 0 Å². The van der Waals surface area contributed by atoms with Gasteiger partial charge in [-0.25, -0.2) is 0 Å². The van der Waals surface area contributed by atoms with E-state index in [0.29, 0.717) is 6.42 Å². The Morgan fingerprint density at radius 2 is 2.00 bits per heavy atom. The number of carboxylic acid groups (broad SMARTS) is 2. The molecule has 5 nitrogen and oxygen atoms in total. The Morgan fingerprint density at radius 1 is 1.33 bits per heavy atom. The highest BCUT2D eigenvalue weighted by Gasteiger charge is 2.16. The van der Waals surface area contributed by atoms with Gasteiger partial charge in [-0.3, -0.25) is 14.9 Å². The van der Waals surface area contributed by atoms with Crippen molar-refractivity contribution in [3.8, 4) is 0 Å². The van der Waals surface area contributed by atoms with Crippen molar-refractivity contribution in [1.82, 2.24) is 5.32 Å². The van der Waals surface area contributed by atoms with Crippen molar-refractivity contribution in [1.29, 1.82) is 0 Å². The minimum atomic E-state index is -1.05. The number of hydrogen-bond donors (Lipinski definition) is 3. The summed E-state index contributed by atoms with van der Waals surface area (Å²) in [5, 5.41) is 19.6. The van der Waals surface area contributed by atoms with E-state index < -0.39 is 18.0 Å². The predicted octanol–water partition coefficient (Wildman–Crippen LogP) is 0.860. The number of hydrogen-bond acceptors (Lipinski definition) is 3. The predicted molar refractivity (Wildman–Crippen MR) is 55.7 cm³/mol. The maximum Gasteiger partial charge on any atom is 0.320 e. The fraction of sp³-hybridized carbons (Fsp3) is 0.600. The van der Waals surface area contributed by atoms with Crippen LogP contribution >= 0.6 is 0 Å². The molecule has 0 radical (unpaired) electrons. The molecule has 0 aliphatic rings. The van der Waals surface area contributed by atoms with Crippen LogP contribution in [0.15, 0.2) is 12.7 Å². The van der Waals surface area contributed by atoms with E-state index in [1.54, 1.807) is 6.08 Å². The first-order valence-corrected chi connectivity index (χ1v) is 4.86. The minimum absolute atomic E-state index is 0.321. The highest BCUT2D eigenvalue weighted by atomic mass is 16.4. The highest BCUT2D eigenvalue weighted by Crippen LogP contribution is 2.04. The lowest BCUT2D eigenvalue weighted by Crippen LogP contribution is -2.39. The number of carbonyl (C=O) groups is 2. The van der Waals surface area contributed by atoms with Crippen molar-refractivity contribution in [2.45, 2.75) is 31.7 Å². The van der Waals surface area contributed by atoms with Crippen LogP contribution in [0.4, 0.5) is 0 Å². The lowest BCUT2D eigenvalue weighted by molar-refractivity contribution is -0.140. The summed E-state index contributed by atoms with van der Waals surface area (Å²) in [5.74, 6) is -2.05. The van der Waals surface area contributed by atoms with Crippen molar-refractivity contribution in [2.24, 2.45) is 0 Å². The van der Waals surface area contributed by atoms with Crippen molar-refractivity contribution < 1.29 is 19.8 Å². The van der Waals surface area contributed by atoms with Crippen LogP contribution in [0.5, 0.6) is 0 Å². The molecule has 0 rings (SSSR count). The van der Waals surface area contributed by atoms with E-state index in [-0.39, 0.29) is 6.54 Å². The molecule has 0 aromatic rings. The zero-order chi connectivity index (χ0) is 11.7.